The first-order valence-electron chi connectivity index (χ1n) is 12.7. The minimum absolute atomic E-state index is 0. The molecule has 2 amide bonds. The maximum absolute atomic E-state index is 12.8. The van der Waals surface area contributed by atoms with Gasteiger partial charge in [-0.1, -0.05) is 56.0 Å². The van der Waals surface area contributed by atoms with Gasteiger partial charge in [-0.3, -0.25) is 9.69 Å². The van der Waals surface area contributed by atoms with Crippen molar-refractivity contribution in [1.82, 2.24) is 25.0 Å². The summed E-state index contributed by atoms with van der Waals surface area (Å²) in [5, 5.41) is 11.6. The van der Waals surface area contributed by atoms with Crippen molar-refractivity contribution in [2.45, 2.75) is 73.0 Å². The molecule has 3 aromatic rings. The zero-order chi connectivity index (χ0) is 27.3. The molecule has 1 aliphatic rings. The Bertz CT molecular complexity index is 1250. The standard InChI is InChI=1S/C28H36N6O4.CH4/c1-19-9-8-10-20(2)22(19)17-38-27(36)33-13-14-34-24(15-33)31-32-25(34)23(30-26(35)28(3,4)29)18-37-16-21-11-6-5-7-12-21;/h5-12,23H,13-18,29H2,1-4H3,(H,30,35);1H4/t23-;/m1./s1. The first-order chi connectivity index (χ1) is 18.1. The van der Waals surface area contributed by atoms with Gasteiger partial charge in [-0.05, 0) is 49.9 Å². The van der Waals surface area contributed by atoms with Crippen LogP contribution in [0.3, 0.4) is 0 Å². The molecule has 10 heteroatoms. The van der Waals surface area contributed by atoms with E-state index < -0.39 is 17.7 Å². The molecule has 210 valence electrons. The summed E-state index contributed by atoms with van der Waals surface area (Å²) >= 11 is 0. The predicted molar refractivity (Wildman–Crippen MR) is 149 cm³/mol. The number of carbonyl (C=O) groups excluding carboxylic acids is 2. The van der Waals surface area contributed by atoms with Gasteiger partial charge in [-0.2, -0.15) is 0 Å². The van der Waals surface area contributed by atoms with Crippen molar-refractivity contribution in [2.24, 2.45) is 5.73 Å². The molecule has 39 heavy (non-hydrogen) atoms. The van der Waals surface area contributed by atoms with Crippen LogP contribution >= 0.6 is 0 Å². The van der Waals surface area contributed by atoms with E-state index in [0.717, 1.165) is 22.3 Å². The highest BCUT2D eigenvalue weighted by molar-refractivity contribution is 5.85. The lowest BCUT2D eigenvalue weighted by atomic mass is 10.0. The average Bonchev–Trinajstić information content (AvgIpc) is 3.31. The third kappa shape index (κ3) is 7.42. The number of benzene rings is 2. The third-order valence-corrected chi connectivity index (χ3v) is 6.62. The van der Waals surface area contributed by atoms with E-state index in [4.69, 9.17) is 15.2 Å². The van der Waals surface area contributed by atoms with Crippen LogP contribution in [0, 0.1) is 13.8 Å². The van der Waals surface area contributed by atoms with E-state index in [-0.39, 0.29) is 33.1 Å². The van der Waals surface area contributed by atoms with Crippen molar-refractivity contribution in [3.05, 3.63) is 82.4 Å². The Labute approximate surface area is 230 Å². The van der Waals surface area contributed by atoms with Crippen LogP contribution in [0.15, 0.2) is 48.5 Å². The first kappa shape index (κ1) is 29.8. The van der Waals surface area contributed by atoms with Gasteiger partial charge in [0.2, 0.25) is 5.91 Å². The lowest BCUT2D eigenvalue weighted by molar-refractivity contribution is -0.126. The van der Waals surface area contributed by atoms with Crippen molar-refractivity contribution >= 4 is 12.0 Å². The molecule has 2 heterocycles. The first-order valence-corrected chi connectivity index (χ1v) is 12.7. The number of carbonyl (C=O) groups is 2. The van der Waals surface area contributed by atoms with E-state index in [9.17, 15) is 9.59 Å². The van der Waals surface area contributed by atoms with E-state index in [0.29, 0.717) is 31.3 Å². The van der Waals surface area contributed by atoms with Crippen LogP contribution in [0.2, 0.25) is 0 Å². The van der Waals surface area contributed by atoms with E-state index in [1.54, 1.807) is 18.7 Å². The van der Waals surface area contributed by atoms with E-state index in [2.05, 4.69) is 15.5 Å². The number of nitrogens with two attached hydrogens (primary N) is 1. The molecule has 0 saturated heterocycles. The second kappa shape index (κ2) is 12.9. The molecule has 2 aromatic carbocycles. The minimum atomic E-state index is -1.07. The highest BCUT2D eigenvalue weighted by Crippen LogP contribution is 2.21. The molecule has 0 aliphatic carbocycles. The lowest BCUT2D eigenvalue weighted by Gasteiger charge is -2.29. The van der Waals surface area contributed by atoms with Gasteiger partial charge in [0.1, 0.15) is 12.6 Å². The monoisotopic (exact) mass is 536 g/mol. The number of amides is 2. The highest BCUT2D eigenvalue weighted by Gasteiger charge is 2.32. The van der Waals surface area contributed by atoms with Gasteiger partial charge in [-0.15, -0.1) is 10.2 Å². The number of ether oxygens (including phenoxy) is 2. The summed E-state index contributed by atoms with van der Waals surface area (Å²) in [6.07, 6.45) is -0.399. The van der Waals surface area contributed by atoms with Gasteiger partial charge in [-0.25, -0.2) is 4.79 Å². The Morgan fingerprint density at radius 3 is 2.38 bits per heavy atom. The SMILES string of the molecule is C.Cc1cccc(C)c1COC(=O)N1CCn2c(nnc2[C@@H](COCc2ccccc2)NC(=O)C(C)(C)N)C1. The van der Waals surface area contributed by atoms with Crippen LogP contribution in [0.4, 0.5) is 4.79 Å². The number of nitrogens with one attached hydrogen (secondary N) is 1. The maximum Gasteiger partial charge on any atom is 0.410 e. The van der Waals surface area contributed by atoms with Gasteiger partial charge < -0.3 is 25.1 Å². The number of aromatic nitrogens is 3. The Morgan fingerprint density at radius 2 is 1.72 bits per heavy atom. The van der Waals surface area contributed by atoms with Crippen LogP contribution in [0.1, 0.15) is 61.2 Å². The fourth-order valence-corrected chi connectivity index (χ4v) is 4.29. The maximum atomic E-state index is 12.8. The highest BCUT2D eigenvalue weighted by atomic mass is 16.6. The Balaban J connectivity index is 0.00000420. The fourth-order valence-electron chi connectivity index (χ4n) is 4.29. The summed E-state index contributed by atoms with van der Waals surface area (Å²) in [7, 11) is 0. The molecular weight excluding hydrogens is 496 g/mol. The summed E-state index contributed by atoms with van der Waals surface area (Å²) in [5.41, 5.74) is 9.17. The molecule has 1 atom stereocenters. The topological polar surface area (TPSA) is 125 Å². The third-order valence-electron chi connectivity index (χ3n) is 6.62. The normalized spacial score (nSPS) is 13.7. The second-order valence-electron chi connectivity index (χ2n) is 10.2. The molecule has 1 aromatic heterocycles. The van der Waals surface area contributed by atoms with Gasteiger partial charge in [0.15, 0.2) is 11.6 Å². The van der Waals surface area contributed by atoms with Crippen molar-refractivity contribution in [2.75, 3.05) is 13.2 Å². The number of hydrogen-bond donors (Lipinski definition) is 2. The van der Waals surface area contributed by atoms with Gasteiger partial charge in [0.25, 0.3) is 0 Å². The molecule has 0 fully saturated rings. The molecule has 0 radical (unpaired) electrons. The zero-order valence-electron chi connectivity index (χ0n) is 22.4. The Hall–Kier alpha value is -3.76. The molecular formula is C29H40N6O4. The Morgan fingerprint density at radius 1 is 1.03 bits per heavy atom. The van der Waals surface area contributed by atoms with E-state index in [1.165, 1.54) is 0 Å². The Kier molecular flexibility index (Phi) is 9.82. The quantitative estimate of drug-likeness (QED) is 0.426. The van der Waals surface area contributed by atoms with Crippen LogP contribution in [0.25, 0.3) is 0 Å². The average molecular weight is 537 g/mol. The molecule has 0 saturated carbocycles. The molecule has 4 rings (SSSR count). The summed E-state index contributed by atoms with van der Waals surface area (Å²) < 4.78 is 13.5. The number of rotatable bonds is 9. The predicted octanol–water partition coefficient (Wildman–Crippen LogP) is 3.79. The zero-order valence-corrected chi connectivity index (χ0v) is 22.4. The number of aryl methyl sites for hydroxylation is 2. The van der Waals surface area contributed by atoms with Crippen molar-refractivity contribution in [1.29, 1.82) is 0 Å². The smallest absolute Gasteiger partial charge is 0.410 e. The number of fused-ring (bicyclic) bond motifs is 1. The minimum Gasteiger partial charge on any atom is -0.445 e. The van der Waals surface area contributed by atoms with E-state index in [1.807, 2.05) is 66.9 Å². The molecule has 0 unspecified atom stereocenters. The summed E-state index contributed by atoms with van der Waals surface area (Å²) in [6, 6.07) is 15.2. The van der Waals surface area contributed by atoms with Crippen molar-refractivity contribution in [3.8, 4) is 0 Å². The summed E-state index contributed by atoms with van der Waals surface area (Å²) in [6.45, 7) is 9.25. The largest absolute Gasteiger partial charge is 0.445 e. The molecule has 10 nitrogen and oxygen atoms in total. The van der Waals surface area contributed by atoms with Gasteiger partial charge >= 0.3 is 6.09 Å². The molecule has 0 bridgehead atoms. The van der Waals surface area contributed by atoms with Gasteiger partial charge in [0, 0.05) is 13.1 Å². The summed E-state index contributed by atoms with van der Waals surface area (Å²) in [4.78, 5) is 27.2. The van der Waals surface area contributed by atoms with E-state index >= 15 is 0 Å². The van der Waals surface area contributed by atoms with Crippen molar-refractivity contribution in [3.63, 3.8) is 0 Å². The molecule has 3 N–H and O–H groups in total. The fraction of sp³-hybridized carbons (Fsp3) is 0.448. The lowest BCUT2D eigenvalue weighted by Crippen LogP contribution is -2.51. The molecule has 1 aliphatic heterocycles. The number of hydrogen-bond acceptors (Lipinski definition) is 7. The van der Waals surface area contributed by atoms with Crippen LogP contribution in [0.5, 0.6) is 0 Å². The summed E-state index contributed by atoms with van der Waals surface area (Å²) in [5.74, 6) is 0.856. The van der Waals surface area contributed by atoms with Crippen LogP contribution in [-0.2, 0) is 40.6 Å². The second-order valence-corrected chi connectivity index (χ2v) is 10.2. The van der Waals surface area contributed by atoms with Crippen LogP contribution < -0.4 is 11.1 Å². The van der Waals surface area contributed by atoms with Crippen LogP contribution in [-0.4, -0.2) is 50.4 Å². The van der Waals surface area contributed by atoms with Crippen molar-refractivity contribution < 1.29 is 19.1 Å². The van der Waals surface area contributed by atoms with Gasteiger partial charge in [0.05, 0.1) is 25.3 Å². The molecule has 0 spiro atoms. The number of nitrogens with zero attached hydrogens (tertiary/aromatic N) is 4.